The van der Waals surface area contributed by atoms with Crippen LogP contribution in [-0.2, 0) is 0 Å². The van der Waals surface area contributed by atoms with Crippen LogP contribution < -0.4 is 0 Å². The Morgan fingerprint density at radius 2 is 2.15 bits per heavy atom. The van der Waals surface area contributed by atoms with Crippen LogP contribution in [0.5, 0.6) is 0 Å². The fraction of sp³-hybridized carbons (Fsp3) is 1.00. The highest BCUT2D eigenvalue weighted by Gasteiger charge is 2.48. The van der Waals surface area contributed by atoms with Gasteiger partial charge in [0.25, 0.3) is 0 Å². The maximum absolute atomic E-state index is 9.02. The van der Waals surface area contributed by atoms with Crippen molar-refractivity contribution >= 4 is 0 Å². The summed E-state index contributed by atoms with van der Waals surface area (Å²) in [7, 11) is 0. The van der Waals surface area contributed by atoms with E-state index in [1.54, 1.807) is 0 Å². The fourth-order valence-corrected chi connectivity index (χ4v) is 3.01. The molecule has 76 valence electrons. The highest BCUT2D eigenvalue weighted by atomic mass is 16.3. The summed E-state index contributed by atoms with van der Waals surface area (Å²) >= 11 is 0. The largest absolute Gasteiger partial charge is 0.381 e. The molecule has 1 aliphatic carbocycles. The Bertz CT molecular complexity index is 185. The molecule has 2 nitrogen and oxygen atoms in total. The number of hydrogen-bond donors (Lipinski definition) is 1. The van der Waals surface area contributed by atoms with Crippen LogP contribution in [0.3, 0.4) is 0 Å². The molecule has 1 N–H and O–H groups in total. The summed E-state index contributed by atoms with van der Waals surface area (Å²) in [5, 5.41) is 9.02. The zero-order valence-corrected chi connectivity index (χ0v) is 8.79. The summed E-state index contributed by atoms with van der Waals surface area (Å²) in [5.41, 5.74) is 0.609. The maximum Gasteiger partial charge on any atom is 0.0956 e. The molecule has 0 radical (unpaired) electrons. The van der Waals surface area contributed by atoms with Crippen molar-refractivity contribution < 1.29 is 5.11 Å². The van der Waals surface area contributed by atoms with E-state index in [2.05, 4.69) is 18.7 Å². The minimum Gasteiger partial charge on any atom is -0.381 e. The van der Waals surface area contributed by atoms with Crippen LogP contribution in [0.4, 0.5) is 0 Å². The summed E-state index contributed by atoms with van der Waals surface area (Å²) in [4.78, 5) is 2.18. The number of rotatable bonds is 2. The summed E-state index contributed by atoms with van der Waals surface area (Å²) < 4.78 is 0. The molecule has 1 heterocycles. The lowest BCUT2D eigenvalue weighted by molar-refractivity contribution is 0.0226. The van der Waals surface area contributed by atoms with Crippen molar-refractivity contribution in [2.45, 2.75) is 33.1 Å². The standard InChI is InChI=1S/C11H21NO/c1-9(2)10-5-11(6-10)3-4-12(7-11)8-13/h9-10,13H,3-8H2,1-2H3. The second kappa shape index (κ2) is 3.25. The number of aliphatic hydroxyl groups excluding tert-OH is 1. The molecule has 2 aliphatic rings. The van der Waals surface area contributed by atoms with E-state index in [1.807, 2.05) is 0 Å². The molecular formula is C11H21NO. The van der Waals surface area contributed by atoms with Gasteiger partial charge in [-0.25, -0.2) is 0 Å². The average molecular weight is 183 g/mol. The number of hydrogen-bond acceptors (Lipinski definition) is 2. The predicted octanol–water partition coefficient (Wildman–Crippen LogP) is 1.69. The first-order chi connectivity index (χ1) is 6.15. The van der Waals surface area contributed by atoms with Crippen LogP contribution in [0, 0.1) is 17.3 Å². The van der Waals surface area contributed by atoms with Crippen LogP contribution in [-0.4, -0.2) is 29.8 Å². The van der Waals surface area contributed by atoms with Crippen molar-refractivity contribution in [1.29, 1.82) is 0 Å². The van der Waals surface area contributed by atoms with Crippen LogP contribution >= 0.6 is 0 Å². The fourth-order valence-electron chi connectivity index (χ4n) is 3.01. The predicted molar refractivity (Wildman–Crippen MR) is 53.3 cm³/mol. The zero-order valence-electron chi connectivity index (χ0n) is 8.79. The van der Waals surface area contributed by atoms with Gasteiger partial charge in [0.2, 0.25) is 0 Å². The third-order valence-electron chi connectivity index (χ3n) is 4.05. The van der Waals surface area contributed by atoms with Gasteiger partial charge < -0.3 is 5.11 Å². The van der Waals surface area contributed by atoms with E-state index in [9.17, 15) is 0 Å². The van der Waals surface area contributed by atoms with E-state index in [1.165, 1.54) is 19.3 Å². The summed E-state index contributed by atoms with van der Waals surface area (Å²) in [6.45, 7) is 7.18. The van der Waals surface area contributed by atoms with E-state index in [-0.39, 0.29) is 6.73 Å². The van der Waals surface area contributed by atoms with E-state index in [4.69, 9.17) is 5.11 Å². The topological polar surface area (TPSA) is 23.5 Å². The van der Waals surface area contributed by atoms with Crippen molar-refractivity contribution in [1.82, 2.24) is 4.90 Å². The summed E-state index contributed by atoms with van der Waals surface area (Å²) in [5.74, 6) is 1.81. The molecule has 1 saturated carbocycles. The SMILES string of the molecule is CC(C)C1CC2(CCN(CO)C2)C1. The Hall–Kier alpha value is -0.0800. The van der Waals surface area contributed by atoms with Gasteiger partial charge in [0.15, 0.2) is 0 Å². The van der Waals surface area contributed by atoms with E-state index in [0.29, 0.717) is 5.41 Å². The van der Waals surface area contributed by atoms with Crippen LogP contribution in [0.25, 0.3) is 0 Å². The van der Waals surface area contributed by atoms with Gasteiger partial charge in [0, 0.05) is 13.1 Å². The minimum atomic E-state index is 0.258. The van der Waals surface area contributed by atoms with Crippen molar-refractivity contribution in [3.63, 3.8) is 0 Å². The van der Waals surface area contributed by atoms with Crippen LogP contribution in [0.1, 0.15) is 33.1 Å². The third kappa shape index (κ3) is 1.62. The molecule has 0 bridgehead atoms. The molecule has 0 aromatic heterocycles. The van der Waals surface area contributed by atoms with Gasteiger partial charge >= 0.3 is 0 Å². The quantitative estimate of drug-likeness (QED) is 0.704. The zero-order chi connectivity index (χ0) is 9.47. The molecule has 2 heteroatoms. The first kappa shape index (κ1) is 9.47. The number of likely N-dealkylation sites (tertiary alicyclic amines) is 1. The first-order valence-corrected chi connectivity index (χ1v) is 5.48. The minimum absolute atomic E-state index is 0.258. The highest BCUT2D eigenvalue weighted by molar-refractivity contribution is 5.00. The van der Waals surface area contributed by atoms with Gasteiger partial charge in [-0.2, -0.15) is 0 Å². The third-order valence-corrected chi connectivity index (χ3v) is 4.05. The van der Waals surface area contributed by atoms with E-state index < -0.39 is 0 Å². The monoisotopic (exact) mass is 183 g/mol. The Morgan fingerprint density at radius 1 is 1.46 bits per heavy atom. The molecule has 0 atom stereocenters. The lowest BCUT2D eigenvalue weighted by Gasteiger charge is -2.47. The molecule has 1 aliphatic heterocycles. The second-order valence-corrected chi connectivity index (χ2v) is 5.36. The molecule has 1 saturated heterocycles. The number of aliphatic hydroxyl groups is 1. The van der Waals surface area contributed by atoms with Gasteiger partial charge in [0.05, 0.1) is 6.73 Å². The van der Waals surface area contributed by atoms with E-state index >= 15 is 0 Å². The Labute approximate surface area is 80.9 Å². The van der Waals surface area contributed by atoms with Crippen LogP contribution in [0.2, 0.25) is 0 Å². The highest BCUT2D eigenvalue weighted by Crippen LogP contribution is 2.53. The second-order valence-electron chi connectivity index (χ2n) is 5.36. The Morgan fingerprint density at radius 3 is 2.62 bits per heavy atom. The van der Waals surface area contributed by atoms with Crippen molar-refractivity contribution in [2.24, 2.45) is 17.3 Å². The molecular weight excluding hydrogens is 162 g/mol. The molecule has 0 aromatic rings. The lowest BCUT2D eigenvalue weighted by atomic mass is 9.58. The number of nitrogens with zero attached hydrogens (tertiary/aromatic N) is 1. The smallest absolute Gasteiger partial charge is 0.0956 e. The van der Waals surface area contributed by atoms with Gasteiger partial charge in [-0.15, -0.1) is 0 Å². The Balaban J connectivity index is 1.84. The van der Waals surface area contributed by atoms with Crippen molar-refractivity contribution in [3.05, 3.63) is 0 Å². The molecule has 13 heavy (non-hydrogen) atoms. The molecule has 2 fully saturated rings. The van der Waals surface area contributed by atoms with Gasteiger partial charge in [-0.3, -0.25) is 4.90 Å². The van der Waals surface area contributed by atoms with Crippen LogP contribution in [0.15, 0.2) is 0 Å². The lowest BCUT2D eigenvalue weighted by Crippen LogP contribution is -2.41. The van der Waals surface area contributed by atoms with Gasteiger partial charge in [-0.1, -0.05) is 13.8 Å². The molecule has 0 unspecified atom stereocenters. The van der Waals surface area contributed by atoms with Crippen molar-refractivity contribution in [2.75, 3.05) is 19.8 Å². The average Bonchev–Trinajstić information content (AvgIpc) is 2.44. The summed E-state index contributed by atoms with van der Waals surface area (Å²) in [6, 6.07) is 0. The maximum atomic E-state index is 9.02. The summed E-state index contributed by atoms with van der Waals surface area (Å²) in [6.07, 6.45) is 4.12. The Kier molecular flexibility index (Phi) is 2.37. The molecule has 0 amide bonds. The molecule has 0 aromatic carbocycles. The van der Waals surface area contributed by atoms with Crippen molar-refractivity contribution in [3.8, 4) is 0 Å². The molecule has 2 rings (SSSR count). The first-order valence-electron chi connectivity index (χ1n) is 5.48. The van der Waals surface area contributed by atoms with E-state index in [0.717, 1.165) is 24.9 Å². The van der Waals surface area contributed by atoms with Gasteiger partial charge in [-0.05, 0) is 36.5 Å². The normalized spacial score (nSPS) is 40.2. The molecule has 1 spiro atoms. The van der Waals surface area contributed by atoms with Gasteiger partial charge in [0.1, 0.15) is 0 Å².